The van der Waals surface area contributed by atoms with Gasteiger partial charge in [0.25, 0.3) is 0 Å². The third kappa shape index (κ3) is 3.03. The van der Waals surface area contributed by atoms with Gasteiger partial charge in [0.15, 0.2) is 0 Å². The maximum atomic E-state index is 14.6. The molecule has 0 aromatic heterocycles. The standard InChI is InChI=1S/C18H17BrFN/c1-21(15-9-7-14(19)8-10-15)12-18(20)17-11-6-13-4-2-3-5-16(13)17/h2-5,7-10H,6,11-12H2,1H3/b18-17-. The molecule has 0 unspecified atom stereocenters. The number of anilines is 1. The van der Waals surface area contributed by atoms with Gasteiger partial charge in [0.2, 0.25) is 0 Å². The second-order valence-corrected chi connectivity index (χ2v) is 6.29. The maximum Gasteiger partial charge on any atom is 0.123 e. The zero-order valence-corrected chi connectivity index (χ0v) is 13.5. The van der Waals surface area contributed by atoms with Crippen LogP contribution in [0.25, 0.3) is 5.57 Å². The predicted molar refractivity (Wildman–Crippen MR) is 90.2 cm³/mol. The van der Waals surface area contributed by atoms with Gasteiger partial charge in [-0.3, -0.25) is 0 Å². The van der Waals surface area contributed by atoms with Crippen LogP contribution in [0.5, 0.6) is 0 Å². The van der Waals surface area contributed by atoms with Gasteiger partial charge in [0.05, 0.1) is 6.54 Å². The number of nitrogens with zero attached hydrogens (tertiary/aromatic N) is 1. The second-order valence-electron chi connectivity index (χ2n) is 5.37. The highest BCUT2D eigenvalue weighted by Gasteiger charge is 2.20. The SMILES string of the molecule is CN(C/C(F)=C1\CCc2ccccc21)c1ccc(Br)cc1. The summed E-state index contributed by atoms with van der Waals surface area (Å²) in [5.41, 5.74) is 4.22. The molecular weight excluding hydrogens is 329 g/mol. The van der Waals surface area contributed by atoms with Crippen molar-refractivity contribution < 1.29 is 4.39 Å². The summed E-state index contributed by atoms with van der Waals surface area (Å²) in [5, 5.41) is 0. The van der Waals surface area contributed by atoms with Crippen LogP contribution in [0, 0.1) is 0 Å². The molecule has 21 heavy (non-hydrogen) atoms. The van der Waals surface area contributed by atoms with Gasteiger partial charge in [-0.15, -0.1) is 0 Å². The normalized spacial score (nSPS) is 15.8. The quantitative estimate of drug-likeness (QED) is 0.737. The Kier molecular flexibility index (Phi) is 4.11. The number of halogens is 2. The van der Waals surface area contributed by atoms with E-state index in [-0.39, 0.29) is 5.83 Å². The molecule has 3 heteroatoms. The Labute approximate surface area is 133 Å². The molecule has 0 saturated carbocycles. The fourth-order valence-corrected chi connectivity index (χ4v) is 3.06. The monoisotopic (exact) mass is 345 g/mol. The zero-order chi connectivity index (χ0) is 14.8. The van der Waals surface area contributed by atoms with Gasteiger partial charge >= 0.3 is 0 Å². The molecule has 0 aliphatic heterocycles. The molecule has 1 nitrogen and oxygen atoms in total. The third-order valence-corrected chi connectivity index (χ3v) is 4.49. The van der Waals surface area contributed by atoms with Crippen LogP contribution in [-0.2, 0) is 6.42 Å². The van der Waals surface area contributed by atoms with E-state index < -0.39 is 0 Å². The van der Waals surface area contributed by atoms with Crippen molar-refractivity contribution >= 4 is 27.2 Å². The molecule has 1 aliphatic rings. The molecule has 0 N–H and O–H groups in total. The molecule has 108 valence electrons. The summed E-state index contributed by atoms with van der Waals surface area (Å²) >= 11 is 3.42. The Morgan fingerprint density at radius 1 is 1.10 bits per heavy atom. The van der Waals surface area contributed by atoms with Crippen LogP contribution in [0.3, 0.4) is 0 Å². The van der Waals surface area contributed by atoms with E-state index in [1.807, 2.05) is 54.4 Å². The Morgan fingerprint density at radius 3 is 2.57 bits per heavy atom. The lowest BCUT2D eigenvalue weighted by Crippen LogP contribution is -2.19. The van der Waals surface area contributed by atoms with Crippen LogP contribution in [0.2, 0.25) is 0 Å². The molecule has 0 bridgehead atoms. The molecule has 3 rings (SSSR count). The smallest absolute Gasteiger partial charge is 0.123 e. The summed E-state index contributed by atoms with van der Waals surface area (Å²) in [7, 11) is 1.92. The Hall–Kier alpha value is -1.61. The van der Waals surface area contributed by atoms with Crippen LogP contribution in [0.15, 0.2) is 58.8 Å². The number of benzene rings is 2. The van der Waals surface area contributed by atoms with Crippen LogP contribution in [-0.4, -0.2) is 13.6 Å². The molecule has 0 radical (unpaired) electrons. The van der Waals surface area contributed by atoms with E-state index in [9.17, 15) is 4.39 Å². The molecule has 0 heterocycles. The average Bonchev–Trinajstić information content (AvgIpc) is 2.92. The van der Waals surface area contributed by atoms with Gasteiger partial charge in [0.1, 0.15) is 5.83 Å². The topological polar surface area (TPSA) is 3.24 Å². The summed E-state index contributed by atoms with van der Waals surface area (Å²) in [6.45, 7) is 0.311. The summed E-state index contributed by atoms with van der Waals surface area (Å²) in [5.74, 6) is -0.0228. The predicted octanol–water partition coefficient (Wildman–Crippen LogP) is 5.21. The summed E-state index contributed by atoms with van der Waals surface area (Å²) in [6.07, 6.45) is 1.75. The van der Waals surface area contributed by atoms with Crippen molar-refractivity contribution in [2.45, 2.75) is 12.8 Å². The van der Waals surface area contributed by atoms with Crippen LogP contribution >= 0.6 is 15.9 Å². The van der Waals surface area contributed by atoms with Crippen molar-refractivity contribution in [2.24, 2.45) is 0 Å². The molecule has 0 atom stereocenters. The molecule has 1 aliphatic carbocycles. The van der Waals surface area contributed by atoms with Gasteiger partial charge in [-0.2, -0.15) is 0 Å². The Bertz CT molecular complexity index is 676. The third-order valence-electron chi connectivity index (χ3n) is 3.96. The molecular formula is C18H17BrFN. The molecule has 0 amide bonds. The molecule has 0 saturated heterocycles. The highest BCUT2D eigenvalue weighted by Crippen LogP contribution is 2.35. The van der Waals surface area contributed by atoms with E-state index in [2.05, 4.69) is 22.0 Å². The van der Waals surface area contributed by atoms with Crippen molar-refractivity contribution in [1.29, 1.82) is 0 Å². The van der Waals surface area contributed by atoms with Crippen molar-refractivity contribution in [1.82, 2.24) is 0 Å². The Morgan fingerprint density at radius 2 is 1.81 bits per heavy atom. The lowest BCUT2D eigenvalue weighted by molar-refractivity contribution is 0.611. The van der Waals surface area contributed by atoms with Crippen LogP contribution in [0.4, 0.5) is 10.1 Å². The zero-order valence-electron chi connectivity index (χ0n) is 11.9. The number of allylic oxidation sites excluding steroid dienone is 1. The highest BCUT2D eigenvalue weighted by molar-refractivity contribution is 9.10. The van der Waals surface area contributed by atoms with Gasteiger partial charge < -0.3 is 4.90 Å². The average molecular weight is 346 g/mol. The van der Waals surface area contributed by atoms with Crippen molar-refractivity contribution in [2.75, 3.05) is 18.5 Å². The minimum absolute atomic E-state index is 0.0228. The lowest BCUT2D eigenvalue weighted by Gasteiger charge is -2.19. The van der Waals surface area contributed by atoms with E-state index in [1.54, 1.807) is 0 Å². The van der Waals surface area contributed by atoms with Gasteiger partial charge in [-0.25, -0.2) is 4.39 Å². The van der Waals surface area contributed by atoms with E-state index in [1.165, 1.54) is 5.56 Å². The first-order chi connectivity index (χ1) is 10.1. The van der Waals surface area contributed by atoms with E-state index in [4.69, 9.17) is 0 Å². The first kappa shape index (κ1) is 14.3. The fraction of sp³-hybridized carbons (Fsp3) is 0.222. The van der Waals surface area contributed by atoms with E-state index >= 15 is 0 Å². The first-order valence-electron chi connectivity index (χ1n) is 7.07. The number of hydrogen-bond acceptors (Lipinski definition) is 1. The summed E-state index contributed by atoms with van der Waals surface area (Å²) in [6, 6.07) is 16.0. The largest absolute Gasteiger partial charge is 0.368 e. The summed E-state index contributed by atoms with van der Waals surface area (Å²) in [4.78, 5) is 1.94. The lowest BCUT2D eigenvalue weighted by atomic mass is 10.1. The maximum absolute atomic E-state index is 14.6. The van der Waals surface area contributed by atoms with Crippen molar-refractivity contribution in [3.8, 4) is 0 Å². The number of fused-ring (bicyclic) bond motifs is 1. The molecule has 2 aromatic rings. The minimum Gasteiger partial charge on any atom is -0.368 e. The second kappa shape index (κ2) is 6.02. The number of likely N-dealkylation sites (N-methyl/N-ethyl adjacent to an activating group) is 1. The van der Waals surface area contributed by atoms with Gasteiger partial charge in [0, 0.05) is 17.2 Å². The Balaban J connectivity index is 1.82. The first-order valence-corrected chi connectivity index (χ1v) is 7.87. The van der Waals surface area contributed by atoms with Gasteiger partial charge in [-0.05, 0) is 53.8 Å². The summed E-state index contributed by atoms with van der Waals surface area (Å²) < 4.78 is 15.7. The number of hydrogen-bond donors (Lipinski definition) is 0. The number of aryl methyl sites for hydroxylation is 1. The fourth-order valence-electron chi connectivity index (χ4n) is 2.80. The van der Waals surface area contributed by atoms with Crippen LogP contribution in [0.1, 0.15) is 17.5 Å². The minimum atomic E-state index is -0.0228. The highest BCUT2D eigenvalue weighted by atomic mass is 79.9. The van der Waals surface area contributed by atoms with Crippen molar-refractivity contribution in [3.05, 3.63) is 70.0 Å². The molecule has 2 aromatic carbocycles. The number of rotatable bonds is 3. The van der Waals surface area contributed by atoms with Crippen molar-refractivity contribution in [3.63, 3.8) is 0 Å². The van der Waals surface area contributed by atoms with E-state index in [0.29, 0.717) is 6.54 Å². The molecule has 0 fully saturated rings. The van der Waals surface area contributed by atoms with Crippen LogP contribution < -0.4 is 4.90 Å². The molecule has 0 spiro atoms. The van der Waals surface area contributed by atoms with E-state index in [0.717, 1.165) is 34.1 Å². The van der Waals surface area contributed by atoms with Gasteiger partial charge in [-0.1, -0.05) is 40.2 Å².